The molecule has 3 heterocycles. The summed E-state index contributed by atoms with van der Waals surface area (Å²) in [7, 11) is 3.66. The first-order valence-electron chi connectivity index (χ1n) is 12.6. The monoisotopic (exact) mass is 528 g/mol. The average Bonchev–Trinajstić information content (AvgIpc) is 3.22. The Morgan fingerprint density at radius 1 is 1.11 bits per heavy atom. The second-order valence-corrected chi connectivity index (χ2v) is 10.4. The Morgan fingerprint density at radius 3 is 2.74 bits per heavy atom. The Kier molecular flexibility index (Phi) is 6.21. The van der Waals surface area contributed by atoms with E-state index in [1.807, 2.05) is 61.8 Å². The van der Waals surface area contributed by atoms with E-state index < -0.39 is 0 Å². The second-order valence-electron chi connectivity index (χ2n) is 9.94. The van der Waals surface area contributed by atoms with E-state index in [0.717, 1.165) is 63.8 Å². The fraction of sp³-hybridized carbons (Fsp3) is 0.241. The molecular weight excluding hydrogens is 500 g/mol. The fourth-order valence-corrected chi connectivity index (χ4v) is 5.32. The van der Waals surface area contributed by atoms with Crippen molar-refractivity contribution in [2.24, 2.45) is 10.1 Å². The van der Waals surface area contributed by atoms with E-state index >= 15 is 0 Å². The van der Waals surface area contributed by atoms with Crippen molar-refractivity contribution < 1.29 is 14.4 Å². The van der Waals surface area contributed by atoms with E-state index in [-0.39, 0.29) is 12.3 Å². The van der Waals surface area contributed by atoms with Crippen molar-refractivity contribution >= 4 is 51.3 Å². The molecule has 3 aromatic carbocycles. The minimum Gasteiger partial charge on any atom is -0.858 e. The number of aliphatic imine (C=N–C) groups is 1. The molecule has 8 nitrogen and oxygen atoms in total. The van der Waals surface area contributed by atoms with Crippen LogP contribution in [0.2, 0.25) is 5.02 Å². The Balaban J connectivity index is 1.22. The molecule has 2 aliphatic heterocycles. The number of aromatic amines is 1. The van der Waals surface area contributed by atoms with Gasteiger partial charge in [0.05, 0.1) is 38.6 Å². The van der Waals surface area contributed by atoms with Crippen molar-refractivity contribution in [1.82, 2.24) is 9.88 Å². The molecule has 0 saturated carbocycles. The number of anilines is 2. The number of nitrogens with one attached hydrogen (secondary N) is 2. The van der Waals surface area contributed by atoms with Crippen LogP contribution in [0, 0.1) is 0 Å². The van der Waals surface area contributed by atoms with Crippen molar-refractivity contribution in [3.05, 3.63) is 83.0 Å². The van der Waals surface area contributed by atoms with E-state index in [0.29, 0.717) is 22.7 Å². The van der Waals surface area contributed by atoms with Gasteiger partial charge in [-0.2, -0.15) is 4.59 Å². The molecule has 0 unspecified atom stereocenters. The summed E-state index contributed by atoms with van der Waals surface area (Å²) in [5.74, 6) is 1.54. The molecule has 1 fully saturated rings. The number of hydrogen-bond acceptors (Lipinski definition) is 6. The highest BCUT2D eigenvalue weighted by Gasteiger charge is 2.32. The van der Waals surface area contributed by atoms with Crippen molar-refractivity contribution in [2.45, 2.75) is 6.42 Å². The standard InChI is InChI=1S/C29H29ClN6O2/c1-36(34-28(37)15-19-18-31-24-10-8-21(38-2)17-23(19)24)13-11-35(12-14-36)29-22-5-3-4-6-25(22)32-26-9-7-20(30)16-27(26)33-29/h3-10,16-18,31H,11-15H2,1-2H3,(H-,32,33,34,37). The van der Waals surface area contributed by atoms with E-state index in [1.165, 1.54) is 0 Å². The quantitative estimate of drug-likeness (QED) is 0.229. The lowest BCUT2D eigenvalue weighted by molar-refractivity contribution is -0.920. The van der Waals surface area contributed by atoms with E-state index in [2.05, 4.69) is 32.4 Å². The fourth-order valence-electron chi connectivity index (χ4n) is 5.16. The minimum absolute atomic E-state index is 0.130. The number of amidine groups is 1. The van der Waals surface area contributed by atoms with Gasteiger partial charge in [0.15, 0.2) is 0 Å². The molecule has 38 heavy (non-hydrogen) atoms. The molecule has 6 rings (SSSR count). The van der Waals surface area contributed by atoms with Crippen LogP contribution in [0.5, 0.6) is 5.75 Å². The van der Waals surface area contributed by atoms with Crippen LogP contribution in [0.15, 0.2) is 77.0 Å². The Morgan fingerprint density at radius 2 is 1.92 bits per heavy atom. The number of methoxy groups -OCH3 is 1. The number of rotatable bonds is 4. The summed E-state index contributed by atoms with van der Waals surface area (Å²) in [4.78, 5) is 10.6. The maximum Gasteiger partial charge on any atom is 0.139 e. The molecule has 0 atom stereocenters. The van der Waals surface area contributed by atoms with Crippen LogP contribution in [-0.2, 0) is 6.42 Å². The third-order valence-corrected chi connectivity index (χ3v) is 7.53. The van der Waals surface area contributed by atoms with Crippen LogP contribution in [-0.4, -0.2) is 66.5 Å². The Bertz CT molecular complexity index is 1570. The van der Waals surface area contributed by atoms with Crippen LogP contribution >= 0.6 is 11.6 Å². The van der Waals surface area contributed by atoms with Gasteiger partial charge in [-0.1, -0.05) is 23.7 Å². The lowest BCUT2D eigenvalue weighted by Crippen LogP contribution is -2.56. The molecule has 0 spiro atoms. The molecule has 1 saturated heterocycles. The van der Waals surface area contributed by atoms with Crippen molar-refractivity contribution in [2.75, 3.05) is 45.7 Å². The molecule has 4 aromatic rings. The number of benzene rings is 3. The molecule has 1 aromatic heterocycles. The normalized spacial score (nSPS) is 16.8. The molecule has 194 valence electrons. The Labute approximate surface area is 226 Å². The number of halogens is 1. The van der Waals surface area contributed by atoms with Crippen molar-refractivity contribution in [3.8, 4) is 5.75 Å². The van der Waals surface area contributed by atoms with Gasteiger partial charge in [0.25, 0.3) is 0 Å². The largest absolute Gasteiger partial charge is 0.858 e. The SMILES string of the molecule is COc1ccc2[nH]cc(C/C([O-])=N/[N+]3(C)CCN(C4=Nc5cc(Cl)ccc5Nc5ccccc54)CC3)c2c1. The summed E-state index contributed by atoms with van der Waals surface area (Å²) < 4.78 is 5.70. The van der Waals surface area contributed by atoms with Crippen LogP contribution in [0.25, 0.3) is 10.9 Å². The number of nitrogens with zero attached hydrogens (tertiary/aromatic N) is 4. The second kappa shape index (κ2) is 9.70. The highest BCUT2D eigenvalue weighted by molar-refractivity contribution is 6.31. The number of likely N-dealkylation sites (N-methyl/N-ethyl adjacent to an activating group) is 1. The number of aromatic nitrogens is 1. The summed E-state index contributed by atoms with van der Waals surface area (Å²) in [5.41, 5.74) is 5.67. The zero-order valence-electron chi connectivity index (χ0n) is 21.4. The highest BCUT2D eigenvalue weighted by Crippen LogP contribution is 2.36. The third kappa shape index (κ3) is 4.68. The number of piperazine rings is 1. The molecule has 0 bridgehead atoms. The van der Waals surface area contributed by atoms with E-state index in [4.69, 9.17) is 21.3 Å². The van der Waals surface area contributed by atoms with Crippen molar-refractivity contribution in [3.63, 3.8) is 0 Å². The van der Waals surface area contributed by atoms with Gasteiger partial charge in [-0.3, -0.25) is 0 Å². The number of quaternary nitrogens is 1. The van der Waals surface area contributed by atoms with Crippen molar-refractivity contribution in [1.29, 1.82) is 0 Å². The van der Waals surface area contributed by atoms with Crippen LogP contribution in [0.1, 0.15) is 11.1 Å². The van der Waals surface area contributed by atoms with Gasteiger partial charge in [-0.25, -0.2) is 4.99 Å². The van der Waals surface area contributed by atoms with Gasteiger partial charge >= 0.3 is 0 Å². The van der Waals surface area contributed by atoms with Gasteiger partial charge in [0.1, 0.15) is 24.7 Å². The topological polar surface area (TPSA) is 88.1 Å². The zero-order chi connectivity index (χ0) is 26.3. The molecule has 0 radical (unpaired) electrons. The van der Waals surface area contributed by atoms with Gasteiger partial charge in [-0.05, 0) is 54.1 Å². The smallest absolute Gasteiger partial charge is 0.139 e. The van der Waals surface area contributed by atoms with Gasteiger partial charge in [-0.15, -0.1) is 5.10 Å². The van der Waals surface area contributed by atoms with Crippen LogP contribution < -0.4 is 15.2 Å². The van der Waals surface area contributed by atoms with Gasteiger partial charge < -0.3 is 25.0 Å². The van der Waals surface area contributed by atoms with Crippen LogP contribution in [0.4, 0.5) is 17.1 Å². The first kappa shape index (κ1) is 24.3. The first-order valence-corrected chi connectivity index (χ1v) is 13.0. The minimum atomic E-state index is -0.130. The molecule has 0 amide bonds. The number of hydrogen-bond donors (Lipinski definition) is 2. The summed E-state index contributed by atoms with van der Waals surface area (Å²) in [6.07, 6.45) is 2.13. The van der Waals surface area contributed by atoms with Gasteiger partial charge in [0.2, 0.25) is 0 Å². The molecule has 9 heteroatoms. The predicted molar refractivity (Wildman–Crippen MR) is 151 cm³/mol. The zero-order valence-corrected chi connectivity index (χ0v) is 22.1. The molecule has 0 aliphatic carbocycles. The maximum atomic E-state index is 13.1. The molecule has 2 N–H and O–H groups in total. The molecular formula is C29H29ClN6O2. The summed E-state index contributed by atoms with van der Waals surface area (Å²) in [5, 5.41) is 22.8. The number of para-hydroxylation sites is 1. The average molecular weight is 529 g/mol. The Hall–Kier alpha value is -4.01. The van der Waals surface area contributed by atoms with Gasteiger partial charge in [0, 0.05) is 45.7 Å². The lowest BCUT2D eigenvalue weighted by Gasteiger charge is -2.39. The summed E-state index contributed by atoms with van der Waals surface area (Å²) in [6.45, 7) is 2.84. The molecule has 2 aliphatic rings. The van der Waals surface area contributed by atoms with Crippen LogP contribution in [0.3, 0.4) is 0 Å². The van der Waals surface area contributed by atoms with E-state index in [1.54, 1.807) is 7.11 Å². The summed E-state index contributed by atoms with van der Waals surface area (Å²) >= 11 is 6.29. The lowest BCUT2D eigenvalue weighted by atomic mass is 10.1. The van der Waals surface area contributed by atoms with E-state index in [9.17, 15) is 5.11 Å². The number of ether oxygens (including phenoxy) is 1. The maximum absolute atomic E-state index is 13.1. The third-order valence-electron chi connectivity index (χ3n) is 7.30. The number of H-pyrrole nitrogens is 1. The first-order chi connectivity index (χ1) is 18.4. The number of fused-ring (bicyclic) bond motifs is 3. The predicted octanol–water partition coefficient (Wildman–Crippen LogP) is 4.64. The highest BCUT2D eigenvalue weighted by atomic mass is 35.5. The summed E-state index contributed by atoms with van der Waals surface area (Å²) in [6, 6.07) is 19.7.